The standard InChI is InChI=1S/C21H22N2O3S/c1-3-20(15-4-8-18(25-2)9-5-15)23-21(24)16-6-10-19(11-7-16)26-12-17-13-27-14-22-17/h4-11,13-14,20H,3,12H2,1-2H3,(H,23,24). The van der Waals surface area contributed by atoms with E-state index in [2.05, 4.69) is 10.3 Å². The minimum atomic E-state index is -0.108. The minimum absolute atomic E-state index is 0.0519. The number of hydrogen-bond acceptors (Lipinski definition) is 5. The van der Waals surface area contributed by atoms with E-state index in [0.717, 1.165) is 23.4 Å². The van der Waals surface area contributed by atoms with Gasteiger partial charge in [-0.3, -0.25) is 4.79 Å². The van der Waals surface area contributed by atoms with Crippen LogP contribution in [0.5, 0.6) is 11.5 Å². The molecule has 0 spiro atoms. The van der Waals surface area contributed by atoms with Gasteiger partial charge in [-0.2, -0.15) is 0 Å². The number of hydrogen-bond donors (Lipinski definition) is 1. The molecule has 1 unspecified atom stereocenters. The number of carbonyl (C=O) groups is 1. The highest BCUT2D eigenvalue weighted by molar-refractivity contribution is 7.07. The minimum Gasteiger partial charge on any atom is -0.497 e. The van der Waals surface area contributed by atoms with Gasteiger partial charge < -0.3 is 14.8 Å². The molecule has 0 aliphatic rings. The van der Waals surface area contributed by atoms with E-state index in [1.54, 1.807) is 36.9 Å². The molecule has 0 saturated carbocycles. The molecule has 0 saturated heterocycles. The summed E-state index contributed by atoms with van der Waals surface area (Å²) in [6.45, 7) is 2.47. The summed E-state index contributed by atoms with van der Waals surface area (Å²) in [6.07, 6.45) is 0.799. The van der Waals surface area contributed by atoms with Gasteiger partial charge in [0.2, 0.25) is 0 Å². The fourth-order valence-corrected chi connectivity index (χ4v) is 3.21. The van der Waals surface area contributed by atoms with E-state index in [4.69, 9.17) is 9.47 Å². The van der Waals surface area contributed by atoms with Crippen LogP contribution in [0, 0.1) is 0 Å². The first-order valence-electron chi connectivity index (χ1n) is 8.74. The Morgan fingerprint density at radius 1 is 1.11 bits per heavy atom. The number of amides is 1. The van der Waals surface area contributed by atoms with Gasteiger partial charge in [0.05, 0.1) is 24.4 Å². The van der Waals surface area contributed by atoms with E-state index in [9.17, 15) is 4.79 Å². The molecular weight excluding hydrogens is 360 g/mol. The maximum Gasteiger partial charge on any atom is 0.251 e. The second-order valence-corrected chi connectivity index (χ2v) is 6.72. The Morgan fingerprint density at radius 3 is 2.41 bits per heavy atom. The predicted octanol–water partition coefficient (Wildman–Crippen LogP) is 4.61. The van der Waals surface area contributed by atoms with Gasteiger partial charge in [-0.25, -0.2) is 4.98 Å². The Morgan fingerprint density at radius 2 is 1.81 bits per heavy atom. The van der Waals surface area contributed by atoms with Gasteiger partial charge in [0.25, 0.3) is 5.91 Å². The fraction of sp³-hybridized carbons (Fsp3) is 0.238. The maximum atomic E-state index is 12.6. The molecule has 1 aromatic heterocycles. The molecular formula is C21H22N2O3S. The highest BCUT2D eigenvalue weighted by Gasteiger charge is 2.14. The van der Waals surface area contributed by atoms with E-state index in [1.165, 1.54) is 11.3 Å². The van der Waals surface area contributed by atoms with Crippen LogP contribution in [0.2, 0.25) is 0 Å². The Kier molecular flexibility index (Phi) is 6.44. The molecule has 0 aliphatic heterocycles. The summed E-state index contributed by atoms with van der Waals surface area (Å²) < 4.78 is 10.9. The summed E-state index contributed by atoms with van der Waals surface area (Å²) in [5.74, 6) is 1.40. The van der Waals surface area contributed by atoms with Crippen LogP contribution in [-0.2, 0) is 6.61 Å². The van der Waals surface area contributed by atoms with E-state index in [-0.39, 0.29) is 11.9 Å². The number of nitrogens with zero attached hydrogens (tertiary/aromatic N) is 1. The van der Waals surface area contributed by atoms with Gasteiger partial charge in [-0.05, 0) is 48.4 Å². The first-order valence-corrected chi connectivity index (χ1v) is 9.68. The summed E-state index contributed by atoms with van der Waals surface area (Å²) in [6, 6.07) is 14.8. The van der Waals surface area contributed by atoms with Crippen molar-refractivity contribution >= 4 is 17.2 Å². The number of nitrogens with one attached hydrogen (secondary N) is 1. The number of carbonyl (C=O) groups excluding carboxylic acids is 1. The molecule has 0 fully saturated rings. The lowest BCUT2D eigenvalue weighted by molar-refractivity contribution is 0.0935. The zero-order valence-electron chi connectivity index (χ0n) is 15.3. The van der Waals surface area contributed by atoms with Gasteiger partial charge in [-0.15, -0.1) is 11.3 Å². The van der Waals surface area contributed by atoms with Gasteiger partial charge in [-0.1, -0.05) is 19.1 Å². The first-order chi connectivity index (χ1) is 13.2. The second kappa shape index (κ2) is 9.19. The zero-order chi connectivity index (χ0) is 19.1. The predicted molar refractivity (Wildman–Crippen MR) is 106 cm³/mol. The lowest BCUT2D eigenvalue weighted by Gasteiger charge is -2.18. The normalized spacial score (nSPS) is 11.6. The van der Waals surface area contributed by atoms with Crippen LogP contribution in [0.25, 0.3) is 0 Å². The number of benzene rings is 2. The SMILES string of the molecule is CCC(NC(=O)c1ccc(OCc2cscn2)cc1)c1ccc(OC)cc1. The van der Waals surface area contributed by atoms with Crippen LogP contribution in [-0.4, -0.2) is 18.0 Å². The quantitative estimate of drug-likeness (QED) is 0.618. The first kappa shape index (κ1) is 18.9. The van der Waals surface area contributed by atoms with Gasteiger partial charge in [0, 0.05) is 10.9 Å². The summed E-state index contributed by atoms with van der Waals surface area (Å²) in [5, 5.41) is 5.03. The fourth-order valence-electron chi connectivity index (χ4n) is 2.67. The number of rotatable bonds is 8. The van der Waals surface area contributed by atoms with E-state index >= 15 is 0 Å². The van der Waals surface area contributed by atoms with Crippen molar-refractivity contribution in [1.82, 2.24) is 10.3 Å². The molecule has 1 atom stereocenters. The van der Waals surface area contributed by atoms with Crippen molar-refractivity contribution in [2.75, 3.05) is 7.11 Å². The van der Waals surface area contributed by atoms with E-state index in [0.29, 0.717) is 17.9 Å². The third-order valence-electron chi connectivity index (χ3n) is 4.22. The van der Waals surface area contributed by atoms with Crippen LogP contribution < -0.4 is 14.8 Å². The average molecular weight is 382 g/mol. The molecule has 1 N–H and O–H groups in total. The monoisotopic (exact) mass is 382 g/mol. The van der Waals surface area contributed by atoms with Crippen LogP contribution in [0.3, 0.4) is 0 Å². The topological polar surface area (TPSA) is 60.5 Å². The van der Waals surface area contributed by atoms with Crippen molar-refractivity contribution in [3.63, 3.8) is 0 Å². The molecule has 0 bridgehead atoms. The Labute approximate surface area is 163 Å². The van der Waals surface area contributed by atoms with E-state index in [1.807, 2.05) is 36.6 Å². The number of methoxy groups -OCH3 is 1. The smallest absolute Gasteiger partial charge is 0.251 e. The van der Waals surface area contributed by atoms with Crippen molar-refractivity contribution in [3.05, 3.63) is 76.2 Å². The van der Waals surface area contributed by atoms with Crippen LogP contribution >= 0.6 is 11.3 Å². The largest absolute Gasteiger partial charge is 0.497 e. The Hall–Kier alpha value is -2.86. The number of thiazole rings is 1. The third-order valence-corrected chi connectivity index (χ3v) is 4.85. The molecule has 2 aromatic carbocycles. The van der Waals surface area contributed by atoms with Crippen molar-refractivity contribution in [1.29, 1.82) is 0 Å². The third kappa shape index (κ3) is 5.08. The molecule has 5 nitrogen and oxygen atoms in total. The highest BCUT2D eigenvalue weighted by atomic mass is 32.1. The maximum absolute atomic E-state index is 12.6. The molecule has 140 valence electrons. The van der Waals surface area contributed by atoms with Gasteiger partial charge >= 0.3 is 0 Å². The van der Waals surface area contributed by atoms with Crippen molar-refractivity contribution in [2.45, 2.75) is 26.0 Å². The molecule has 3 rings (SSSR count). The molecule has 0 radical (unpaired) electrons. The molecule has 3 aromatic rings. The lowest BCUT2D eigenvalue weighted by atomic mass is 10.0. The summed E-state index contributed by atoms with van der Waals surface area (Å²) in [7, 11) is 1.64. The number of ether oxygens (including phenoxy) is 2. The molecule has 1 heterocycles. The van der Waals surface area contributed by atoms with Gasteiger partial charge in [0.15, 0.2) is 0 Å². The van der Waals surface area contributed by atoms with Crippen molar-refractivity contribution < 1.29 is 14.3 Å². The summed E-state index contributed by atoms with van der Waals surface area (Å²) in [5.41, 5.74) is 4.32. The molecule has 27 heavy (non-hydrogen) atoms. The van der Waals surface area contributed by atoms with Crippen molar-refractivity contribution in [3.8, 4) is 11.5 Å². The van der Waals surface area contributed by atoms with Gasteiger partial charge in [0.1, 0.15) is 18.1 Å². The second-order valence-electron chi connectivity index (χ2n) is 6.00. The Balaban J connectivity index is 1.60. The summed E-state index contributed by atoms with van der Waals surface area (Å²) >= 11 is 1.54. The average Bonchev–Trinajstić information content (AvgIpc) is 3.24. The van der Waals surface area contributed by atoms with Crippen LogP contribution in [0.1, 0.15) is 41.0 Å². The lowest BCUT2D eigenvalue weighted by Crippen LogP contribution is -2.28. The number of aromatic nitrogens is 1. The van der Waals surface area contributed by atoms with Crippen LogP contribution in [0.15, 0.2) is 59.4 Å². The highest BCUT2D eigenvalue weighted by Crippen LogP contribution is 2.21. The zero-order valence-corrected chi connectivity index (χ0v) is 16.2. The summed E-state index contributed by atoms with van der Waals surface area (Å²) in [4.78, 5) is 16.8. The molecule has 6 heteroatoms. The molecule has 1 amide bonds. The van der Waals surface area contributed by atoms with E-state index < -0.39 is 0 Å². The van der Waals surface area contributed by atoms with Crippen molar-refractivity contribution in [2.24, 2.45) is 0 Å². The van der Waals surface area contributed by atoms with Crippen LogP contribution in [0.4, 0.5) is 0 Å². The molecule has 0 aliphatic carbocycles. The Bertz CT molecular complexity index is 846.